The topological polar surface area (TPSA) is 36.7 Å². The van der Waals surface area contributed by atoms with Gasteiger partial charge in [0.15, 0.2) is 11.6 Å². The molecule has 122 valence electrons. The summed E-state index contributed by atoms with van der Waals surface area (Å²) in [6.45, 7) is 4.52. The van der Waals surface area contributed by atoms with E-state index < -0.39 is 11.6 Å². The maximum atomic E-state index is 13.4. The monoisotopic (exact) mass is 320 g/mol. The largest absolute Gasteiger partial charge is 0.472 e. The van der Waals surface area contributed by atoms with Crippen molar-refractivity contribution in [3.8, 4) is 0 Å². The summed E-state index contributed by atoms with van der Waals surface area (Å²) >= 11 is 0. The second-order valence-corrected chi connectivity index (χ2v) is 5.69. The third-order valence-corrected chi connectivity index (χ3v) is 4.34. The number of rotatable bonds is 3. The number of hydrogen-bond donors (Lipinski definition) is 0. The molecule has 1 aliphatic rings. The zero-order valence-corrected chi connectivity index (χ0v) is 12.8. The van der Waals surface area contributed by atoms with Crippen LogP contribution in [-0.2, 0) is 0 Å². The summed E-state index contributed by atoms with van der Waals surface area (Å²) in [5, 5.41) is 0. The Morgan fingerprint density at radius 1 is 1.13 bits per heavy atom. The van der Waals surface area contributed by atoms with Gasteiger partial charge in [0.05, 0.1) is 11.8 Å². The first-order chi connectivity index (χ1) is 11.1. The van der Waals surface area contributed by atoms with Gasteiger partial charge in [0.25, 0.3) is 5.91 Å². The molecule has 1 unspecified atom stereocenters. The van der Waals surface area contributed by atoms with Gasteiger partial charge in [0, 0.05) is 32.2 Å². The molecule has 0 spiro atoms. The lowest BCUT2D eigenvalue weighted by Crippen LogP contribution is -2.49. The van der Waals surface area contributed by atoms with Crippen LogP contribution in [-0.4, -0.2) is 41.9 Å². The number of furan rings is 1. The van der Waals surface area contributed by atoms with Crippen molar-refractivity contribution in [2.75, 3.05) is 26.2 Å². The van der Waals surface area contributed by atoms with E-state index in [1.54, 1.807) is 17.0 Å². The van der Waals surface area contributed by atoms with E-state index in [4.69, 9.17) is 4.42 Å². The minimum absolute atomic E-state index is 0.0312. The number of amides is 1. The molecule has 3 rings (SSSR count). The second-order valence-electron chi connectivity index (χ2n) is 5.69. The van der Waals surface area contributed by atoms with Crippen molar-refractivity contribution in [3.05, 3.63) is 59.6 Å². The Balaban J connectivity index is 1.62. The number of benzene rings is 1. The number of piperazine rings is 1. The van der Waals surface area contributed by atoms with Crippen LogP contribution in [0, 0.1) is 11.6 Å². The van der Waals surface area contributed by atoms with Crippen LogP contribution in [0.4, 0.5) is 8.78 Å². The minimum Gasteiger partial charge on any atom is -0.472 e. The lowest BCUT2D eigenvalue weighted by Gasteiger charge is -2.38. The highest BCUT2D eigenvalue weighted by Gasteiger charge is 2.26. The Hall–Kier alpha value is -2.21. The standard InChI is InChI=1S/C17H18F2N2O2/c1-12(13-2-3-15(18)16(19)10-13)20-5-7-21(8-6-20)17(22)14-4-9-23-11-14/h2-4,9-12H,5-8H2,1H3. The quantitative estimate of drug-likeness (QED) is 0.872. The average molecular weight is 320 g/mol. The second kappa shape index (κ2) is 6.50. The molecular weight excluding hydrogens is 302 g/mol. The lowest BCUT2D eigenvalue weighted by molar-refractivity contribution is 0.0581. The molecule has 23 heavy (non-hydrogen) atoms. The lowest BCUT2D eigenvalue weighted by atomic mass is 10.1. The van der Waals surface area contributed by atoms with Crippen molar-refractivity contribution in [1.29, 1.82) is 0 Å². The number of carbonyl (C=O) groups is 1. The van der Waals surface area contributed by atoms with Gasteiger partial charge in [0.2, 0.25) is 0 Å². The van der Waals surface area contributed by atoms with E-state index in [2.05, 4.69) is 4.90 Å². The van der Waals surface area contributed by atoms with E-state index in [0.29, 0.717) is 31.7 Å². The van der Waals surface area contributed by atoms with Crippen molar-refractivity contribution in [2.45, 2.75) is 13.0 Å². The van der Waals surface area contributed by atoms with Crippen molar-refractivity contribution in [1.82, 2.24) is 9.80 Å². The predicted octanol–water partition coefficient (Wildman–Crippen LogP) is 3.08. The molecule has 1 amide bonds. The Morgan fingerprint density at radius 2 is 1.87 bits per heavy atom. The SMILES string of the molecule is CC(c1ccc(F)c(F)c1)N1CCN(C(=O)c2ccoc2)CC1. The Labute approximate surface area is 133 Å². The maximum absolute atomic E-state index is 13.4. The number of hydrogen-bond acceptors (Lipinski definition) is 3. The molecule has 2 aromatic rings. The molecule has 6 heteroatoms. The van der Waals surface area contributed by atoms with E-state index in [9.17, 15) is 13.6 Å². The first-order valence-corrected chi connectivity index (χ1v) is 7.56. The van der Waals surface area contributed by atoms with E-state index in [1.807, 2.05) is 6.92 Å². The van der Waals surface area contributed by atoms with Crippen LogP contribution >= 0.6 is 0 Å². The van der Waals surface area contributed by atoms with Crippen LogP contribution in [0.2, 0.25) is 0 Å². The van der Waals surface area contributed by atoms with Gasteiger partial charge in [-0.15, -0.1) is 0 Å². The minimum atomic E-state index is -0.837. The molecule has 0 N–H and O–H groups in total. The molecule has 4 nitrogen and oxygen atoms in total. The van der Waals surface area contributed by atoms with Gasteiger partial charge in [-0.2, -0.15) is 0 Å². The molecule has 1 aromatic carbocycles. The summed E-state index contributed by atoms with van der Waals surface area (Å²) in [5.74, 6) is -1.71. The fraction of sp³-hybridized carbons (Fsp3) is 0.353. The molecule has 1 saturated heterocycles. The fourth-order valence-corrected chi connectivity index (χ4v) is 2.86. The average Bonchev–Trinajstić information content (AvgIpc) is 3.11. The van der Waals surface area contributed by atoms with Crippen molar-refractivity contribution >= 4 is 5.91 Å². The normalized spacial score (nSPS) is 17.3. The van der Waals surface area contributed by atoms with Crippen LogP contribution in [0.5, 0.6) is 0 Å². The summed E-state index contributed by atoms with van der Waals surface area (Å²) in [7, 11) is 0. The Morgan fingerprint density at radius 3 is 2.48 bits per heavy atom. The third kappa shape index (κ3) is 3.27. The Bertz CT molecular complexity index is 680. The van der Waals surface area contributed by atoms with Crippen molar-refractivity contribution < 1.29 is 18.0 Å². The van der Waals surface area contributed by atoms with Gasteiger partial charge < -0.3 is 9.32 Å². The molecule has 1 aromatic heterocycles. The van der Waals surface area contributed by atoms with E-state index in [1.165, 1.54) is 18.6 Å². The molecule has 0 aliphatic carbocycles. The molecule has 0 bridgehead atoms. The summed E-state index contributed by atoms with van der Waals surface area (Å²) in [4.78, 5) is 16.2. The van der Waals surface area contributed by atoms with Gasteiger partial charge in [-0.1, -0.05) is 6.07 Å². The molecule has 1 fully saturated rings. The number of halogens is 2. The van der Waals surface area contributed by atoms with Crippen molar-refractivity contribution in [3.63, 3.8) is 0 Å². The summed E-state index contributed by atoms with van der Waals surface area (Å²) in [6, 6.07) is 5.62. The van der Waals surface area contributed by atoms with E-state index in [-0.39, 0.29) is 11.9 Å². The van der Waals surface area contributed by atoms with Crippen molar-refractivity contribution in [2.24, 2.45) is 0 Å². The highest BCUT2D eigenvalue weighted by atomic mass is 19.2. The van der Waals surface area contributed by atoms with Crippen LogP contribution in [0.25, 0.3) is 0 Å². The van der Waals surface area contributed by atoms with Crippen LogP contribution in [0.3, 0.4) is 0 Å². The predicted molar refractivity (Wildman–Crippen MR) is 81.0 cm³/mol. The molecule has 1 atom stereocenters. The summed E-state index contributed by atoms with van der Waals surface area (Å²) < 4.78 is 31.4. The first kappa shape index (κ1) is 15.7. The summed E-state index contributed by atoms with van der Waals surface area (Å²) in [6.07, 6.45) is 2.92. The van der Waals surface area contributed by atoms with E-state index in [0.717, 1.165) is 11.6 Å². The van der Waals surface area contributed by atoms with Gasteiger partial charge in [-0.3, -0.25) is 9.69 Å². The molecule has 0 saturated carbocycles. The van der Waals surface area contributed by atoms with Gasteiger partial charge >= 0.3 is 0 Å². The number of nitrogens with zero attached hydrogens (tertiary/aromatic N) is 2. The fourth-order valence-electron chi connectivity index (χ4n) is 2.86. The summed E-state index contributed by atoms with van der Waals surface area (Å²) in [5.41, 5.74) is 1.28. The van der Waals surface area contributed by atoms with Gasteiger partial charge in [-0.25, -0.2) is 8.78 Å². The smallest absolute Gasteiger partial charge is 0.257 e. The van der Waals surface area contributed by atoms with E-state index >= 15 is 0 Å². The molecule has 2 heterocycles. The highest BCUT2D eigenvalue weighted by Crippen LogP contribution is 2.23. The molecule has 1 aliphatic heterocycles. The molecular formula is C17H18F2N2O2. The zero-order chi connectivity index (χ0) is 16.4. The maximum Gasteiger partial charge on any atom is 0.257 e. The van der Waals surface area contributed by atoms with Crippen LogP contribution < -0.4 is 0 Å². The van der Waals surface area contributed by atoms with Gasteiger partial charge in [-0.05, 0) is 30.7 Å². The van der Waals surface area contributed by atoms with Crippen LogP contribution in [0.1, 0.15) is 28.9 Å². The number of carbonyl (C=O) groups excluding carboxylic acids is 1. The first-order valence-electron chi connectivity index (χ1n) is 7.56. The Kier molecular flexibility index (Phi) is 4.43. The third-order valence-electron chi connectivity index (χ3n) is 4.34. The van der Waals surface area contributed by atoms with Gasteiger partial charge in [0.1, 0.15) is 6.26 Å². The molecule has 0 radical (unpaired) electrons. The highest BCUT2D eigenvalue weighted by molar-refractivity contribution is 5.93. The zero-order valence-electron chi connectivity index (χ0n) is 12.8. The van der Waals surface area contributed by atoms with Crippen LogP contribution in [0.15, 0.2) is 41.2 Å².